The summed E-state index contributed by atoms with van der Waals surface area (Å²) in [5.74, 6) is 0.149. The zero-order valence-electron chi connectivity index (χ0n) is 10.1. The fourth-order valence-electron chi connectivity index (χ4n) is 1.24. The first kappa shape index (κ1) is 12.9. The Hall–Kier alpha value is -2.16. The van der Waals surface area contributed by atoms with Gasteiger partial charge in [-0.15, -0.1) is 0 Å². The molecule has 0 fully saturated rings. The molecule has 0 aliphatic rings. The van der Waals surface area contributed by atoms with Gasteiger partial charge in [-0.05, 0) is 13.0 Å². The maximum atomic E-state index is 11.0. The van der Waals surface area contributed by atoms with Crippen molar-refractivity contribution in [2.45, 2.75) is 13.3 Å². The van der Waals surface area contributed by atoms with Crippen molar-refractivity contribution >= 4 is 11.9 Å². The second-order valence-electron chi connectivity index (χ2n) is 3.55. The lowest BCUT2D eigenvalue weighted by Crippen LogP contribution is -2.24. The number of carbonyl (C=O) groups is 1. The number of aromatic nitrogens is 2. The summed E-state index contributed by atoms with van der Waals surface area (Å²) in [4.78, 5) is 21.0. The minimum atomic E-state index is -0.287. The average Bonchev–Trinajstić information content (AvgIpc) is 2.34. The van der Waals surface area contributed by atoms with Crippen molar-refractivity contribution in [2.75, 3.05) is 25.6 Å². The highest BCUT2D eigenvalue weighted by Crippen LogP contribution is 2.08. The van der Waals surface area contributed by atoms with Crippen LogP contribution in [0, 0.1) is 18.3 Å². The van der Waals surface area contributed by atoms with E-state index in [4.69, 9.17) is 5.26 Å². The van der Waals surface area contributed by atoms with Crippen LogP contribution in [0.15, 0.2) is 6.07 Å². The molecule has 0 unspecified atom stereocenters. The van der Waals surface area contributed by atoms with Crippen LogP contribution in [0.25, 0.3) is 0 Å². The van der Waals surface area contributed by atoms with Gasteiger partial charge >= 0.3 is 5.97 Å². The summed E-state index contributed by atoms with van der Waals surface area (Å²) in [5, 5.41) is 8.79. The predicted octanol–water partition coefficient (Wildman–Crippen LogP) is 0.656. The summed E-state index contributed by atoms with van der Waals surface area (Å²) in [6, 6.07) is 3.58. The summed E-state index contributed by atoms with van der Waals surface area (Å²) in [6.45, 7) is 2.24. The van der Waals surface area contributed by atoms with E-state index < -0.39 is 0 Å². The smallest absolute Gasteiger partial charge is 0.307 e. The molecule has 0 aliphatic heterocycles. The average molecular weight is 234 g/mol. The zero-order chi connectivity index (χ0) is 12.8. The summed E-state index contributed by atoms with van der Waals surface area (Å²) >= 11 is 0. The van der Waals surface area contributed by atoms with Gasteiger partial charge in [-0.3, -0.25) is 4.79 Å². The van der Waals surface area contributed by atoms with E-state index >= 15 is 0 Å². The van der Waals surface area contributed by atoms with Crippen LogP contribution in [-0.2, 0) is 9.53 Å². The number of aryl methyl sites for hydroxylation is 1. The first-order valence-corrected chi connectivity index (χ1v) is 5.10. The first-order valence-electron chi connectivity index (χ1n) is 5.10. The second kappa shape index (κ2) is 5.80. The predicted molar refractivity (Wildman–Crippen MR) is 61.4 cm³/mol. The number of hydrogen-bond donors (Lipinski definition) is 0. The van der Waals surface area contributed by atoms with Crippen LogP contribution in [0.1, 0.15) is 17.8 Å². The number of ether oxygens (including phenoxy) is 1. The number of esters is 1. The Morgan fingerprint density at radius 3 is 2.88 bits per heavy atom. The minimum absolute atomic E-state index is 0.256. The quantitative estimate of drug-likeness (QED) is 0.712. The van der Waals surface area contributed by atoms with Crippen molar-refractivity contribution in [3.05, 3.63) is 17.5 Å². The van der Waals surface area contributed by atoms with Crippen LogP contribution < -0.4 is 4.90 Å². The van der Waals surface area contributed by atoms with Gasteiger partial charge in [-0.1, -0.05) is 0 Å². The third kappa shape index (κ3) is 3.72. The minimum Gasteiger partial charge on any atom is -0.469 e. The van der Waals surface area contributed by atoms with Crippen molar-refractivity contribution in [1.29, 1.82) is 5.26 Å². The number of rotatable bonds is 4. The summed E-state index contributed by atoms with van der Waals surface area (Å²) in [6.07, 6.45) is 0.256. The van der Waals surface area contributed by atoms with Gasteiger partial charge in [0.25, 0.3) is 0 Å². The molecule has 6 nitrogen and oxygen atoms in total. The van der Waals surface area contributed by atoms with Gasteiger partial charge in [-0.25, -0.2) is 9.97 Å². The molecule has 17 heavy (non-hydrogen) atoms. The van der Waals surface area contributed by atoms with Crippen molar-refractivity contribution in [1.82, 2.24) is 9.97 Å². The number of nitrogens with zero attached hydrogens (tertiary/aromatic N) is 4. The molecular weight excluding hydrogens is 220 g/mol. The van der Waals surface area contributed by atoms with E-state index in [9.17, 15) is 4.79 Å². The van der Waals surface area contributed by atoms with E-state index in [1.54, 1.807) is 24.9 Å². The number of anilines is 1. The monoisotopic (exact) mass is 234 g/mol. The molecule has 1 aromatic heterocycles. The lowest BCUT2D eigenvalue weighted by Gasteiger charge is -2.16. The third-order valence-electron chi connectivity index (χ3n) is 2.18. The first-order chi connectivity index (χ1) is 8.06. The van der Waals surface area contributed by atoms with Crippen LogP contribution in [0.5, 0.6) is 0 Å². The fourth-order valence-corrected chi connectivity index (χ4v) is 1.24. The molecule has 0 aromatic carbocycles. The molecule has 0 aliphatic carbocycles. The Morgan fingerprint density at radius 1 is 1.59 bits per heavy atom. The molecular formula is C11H14N4O2. The van der Waals surface area contributed by atoms with Gasteiger partial charge in [0.05, 0.1) is 13.5 Å². The van der Waals surface area contributed by atoms with Crippen molar-refractivity contribution < 1.29 is 9.53 Å². The summed E-state index contributed by atoms with van der Waals surface area (Å²) < 4.78 is 4.55. The van der Waals surface area contributed by atoms with Crippen LogP contribution >= 0.6 is 0 Å². The Bertz CT molecular complexity index is 453. The molecule has 1 heterocycles. The van der Waals surface area contributed by atoms with Crippen LogP contribution in [0.4, 0.5) is 5.95 Å². The normalized spacial score (nSPS) is 9.53. The van der Waals surface area contributed by atoms with Crippen LogP contribution in [0.2, 0.25) is 0 Å². The molecule has 90 valence electrons. The SMILES string of the molecule is COC(=O)CCN(C)c1nc(C)cc(C#N)n1. The van der Waals surface area contributed by atoms with Gasteiger partial charge in [0.2, 0.25) is 5.95 Å². The lowest BCUT2D eigenvalue weighted by molar-refractivity contribution is -0.140. The Labute approximate surface area is 99.9 Å². The van der Waals surface area contributed by atoms with E-state index in [1.165, 1.54) is 7.11 Å². The van der Waals surface area contributed by atoms with E-state index in [-0.39, 0.29) is 12.4 Å². The van der Waals surface area contributed by atoms with Gasteiger partial charge in [0.15, 0.2) is 0 Å². The molecule has 0 radical (unpaired) electrons. The van der Waals surface area contributed by atoms with Crippen molar-refractivity contribution in [3.8, 4) is 6.07 Å². The Kier molecular flexibility index (Phi) is 4.40. The molecule has 1 aromatic rings. The molecule has 0 N–H and O–H groups in total. The van der Waals surface area contributed by atoms with Crippen molar-refractivity contribution in [2.24, 2.45) is 0 Å². The second-order valence-corrected chi connectivity index (χ2v) is 3.55. The highest BCUT2D eigenvalue weighted by atomic mass is 16.5. The molecule has 0 spiro atoms. The van der Waals surface area contributed by atoms with E-state index in [0.717, 1.165) is 5.69 Å². The molecule has 0 saturated carbocycles. The third-order valence-corrected chi connectivity index (χ3v) is 2.18. The Morgan fingerprint density at radius 2 is 2.29 bits per heavy atom. The fraction of sp³-hybridized carbons (Fsp3) is 0.455. The standard InChI is InChI=1S/C11H14N4O2/c1-8-6-9(7-12)14-11(13-8)15(2)5-4-10(16)17-3/h6H,4-5H2,1-3H3. The number of carbonyl (C=O) groups excluding carboxylic acids is 1. The van der Waals surface area contributed by atoms with Gasteiger partial charge in [-0.2, -0.15) is 5.26 Å². The highest BCUT2D eigenvalue weighted by molar-refractivity contribution is 5.69. The maximum absolute atomic E-state index is 11.0. The largest absolute Gasteiger partial charge is 0.469 e. The van der Waals surface area contributed by atoms with Gasteiger partial charge < -0.3 is 9.64 Å². The highest BCUT2D eigenvalue weighted by Gasteiger charge is 2.09. The van der Waals surface area contributed by atoms with Crippen LogP contribution in [0.3, 0.4) is 0 Å². The summed E-state index contributed by atoms with van der Waals surface area (Å²) in [7, 11) is 3.11. The molecule has 0 atom stereocenters. The van der Waals surface area contributed by atoms with E-state index in [2.05, 4.69) is 14.7 Å². The molecule has 1 rings (SSSR count). The Balaban J connectivity index is 2.75. The topological polar surface area (TPSA) is 79.1 Å². The number of methoxy groups -OCH3 is 1. The van der Waals surface area contributed by atoms with Gasteiger partial charge in [0.1, 0.15) is 11.8 Å². The number of nitriles is 1. The number of hydrogen-bond acceptors (Lipinski definition) is 6. The van der Waals surface area contributed by atoms with E-state index in [0.29, 0.717) is 18.2 Å². The van der Waals surface area contributed by atoms with E-state index in [1.807, 2.05) is 6.07 Å². The van der Waals surface area contributed by atoms with Crippen LogP contribution in [-0.4, -0.2) is 36.6 Å². The zero-order valence-corrected chi connectivity index (χ0v) is 10.1. The molecule has 0 bridgehead atoms. The van der Waals surface area contributed by atoms with Crippen molar-refractivity contribution in [3.63, 3.8) is 0 Å². The summed E-state index contributed by atoms with van der Waals surface area (Å²) in [5.41, 5.74) is 1.04. The maximum Gasteiger partial charge on any atom is 0.307 e. The molecule has 0 saturated heterocycles. The molecule has 0 amide bonds. The lowest BCUT2D eigenvalue weighted by atomic mass is 10.3. The van der Waals surface area contributed by atoms with Gasteiger partial charge in [0, 0.05) is 19.3 Å². The molecule has 6 heteroatoms.